The SMILES string of the molecule is Cn1ncc2c(SCC(=O)NCc3ccccc3)ncnc21. The second-order valence-electron chi connectivity index (χ2n) is 4.74. The van der Waals surface area contributed by atoms with Crippen molar-refractivity contribution < 1.29 is 4.79 Å². The van der Waals surface area contributed by atoms with Crippen LogP contribution in [0.4, 0.5) is 0 Å². The van der Waals surface area contributed by atoms with Crippen molar-refractivity contribution in [2.45, 2.75) is 11.6 Å². The average Bonchev–Trinajstić information content (AvgIpc) is 2.94. The van der Waals surface area contributed by atoms with Crippen LogP contribution >= 0.6 is 11.8 Å². The van der Waals surface area contributed by atoms with E-state index in [-0.39, 0.29) is 5.91 Å². The molecule has 7 heteroatoms. The van der Waals surface area contributed by atoms with E-state index in [2.05, 4.69) is 20.4 Å². The minimum absolute atomic E-state index is 0.0236. The summed E-state index contributed by atoms with van der Waals surface area (Å²) in [5.74, 6) is 0.290. The normalized spacial score (nSPS) is 10.8. The van der Waals surface area contributed by atoms with E-state index >= 15 is 0 Å². The molecule has 0 unspecified atom stereocenters. The number of aryl methyl sites for hydroxylation is 1. The van der Waals surface area contributed by atoms with Crippen molar-refractivity contribution in [1.82, 2.24) is 25.1 Å². The molecule has 3 aromatic rings. The Balaban J connectivity index is 1.58. The average molecular weight is 313 g/mol. The molecular formula is C15H15N5OS. The van der Waals surface area contributed by atoms with E-state index in [1.165, 1.54) is 18.1 Å². The van der Waals surface area contributed by atoms with Crippen LogP contribution in [0.25, 0.3) is 11.0 Å². The predicted octanol–water partition coefficient (Wildman–Crippen LogP) is 1.77. The zero-order valence-electron chi connectivity index (χ0n) is 12.1. The van der Waals surface area contributed by atoms with Crippen molar-refractivity contribution in [3.63, 3.8) is 0 Å². The highest BCUT2D eigenvalue weighted by molar-refractivity contribution is 8.00. The van der Waals surface area contributed by atoms with Gasteiger partial charge in [-0.25, -0.2) is 9.97 Å². The van der Waals surface area contributed by atoms with E-state index in [0.29, 0.717) is 12.3 Å². The number of aromatic nitrogens is 4. The lowest BCUT2D eigenvalue weighted by Crippen LogP contribution is -2.24. The zero-order chi connectivity index (χ0) is 15.4. The lowest BCUT2D eigenvalue weighted by molar-refractivity contribution is -0.118. The number of thioether (sulfide) groups is 1. The van der Waals surface area contributed by atoms with Crippen molar-refractivity contribution in [3.05, 3.63) is 48.4 Å². The van der Waals surface area contributed by atoms with Gasteiger partial charge in [-0.05, 0) is 5.56 Å². The predicted molar refractivity (Wildman–Crippen MR) is 85.3 cm³/mol. The first-order chi connectivity index (χ1) is 10.7. The number of benzene rings is 1. The third-order valence-corrected chi connectivity index (χ3v) is 4.17. The van der Waals surface area contributed by atoms with Crippen LogP contribution in [0.15, 0.2) is 47.9 Å². The summed E-state index contributed by atoms with van der Waals surface area (Å²) in [6.45, 7) is 0.534. The maximum Gasteiger partial charge on any atom is 0.230 e. The first-order valence-electron chi connectivity index (χ1n) is 6.80. The molecule has 0 bridgehead atoms. The number of carbonyl (C=O) groups is 1. The molecule has 0 radical (unpaired) electrons. The highest BCUT2D eigenvalue weighted by Crippen LogP contribution is 2.23. The lowest BCUT2D eigenvalue weighted by Gasteiger charge is -2.05. The van der Waals surface area contributed by atoms with E-state index in [9.17, 15) is 4.79 Å². The number of fused-ring (bicyclic) bond motifs is 1. The molecule has 2 heterocycles. The first kappa shape index (κ1) is 14.5. The maximum atomic E-state index is 11.9. The van der Waals surface area contributed by atoms with Crippen LogP contribution in [0.1, 0.15) is 5.56 Å². The zero-order valence-corrected chi connectivity index (χ0v) is 12.9. The van der Waals surface area contributed by atoms with Crippen LogP contribution in [0.2, 0.25) is 0 Å². The second-order valence-corrected chi connectivity index (χ2v) is 5.70. The quantitative estimate of drug-likeness (QED) is 0.574. The van der Waals surface area contributed by atoms with Gasteiger partial charge in [0.15, 0.2) is 5.65 Å². The third-order valence-electron chi connectivity index (χ3n) is 3.17. The summed E-state index contributed by atoms with van der Waals surface area (Å²) in [7, 11) is 1.83. The molecule has 2 aromatic heterocycles. The van der Waals surface area contributed by atoms with E-state index in [1.54, 1.807) is 10.9 Å². The minimum Gasteiger partial charge on any atom is -0.351 e. The molecule has 1 aromatic carbocycles. The largest absolute Gasteiger partial charge is 0.351 e. The highest BCUT2D eigenvalue weighted by Gasteiger charge is 2.10. The molecule has 22 heavy (non-hydrogen) atoms. The van der Waals surface area contributed by atoms with Crippen LogP contribution in [-0.2, 0) is 18.4 Å². The van der Waals surface area contributed by atoms with Crippen molar-refractivity contribution in [1.29, 1.82) is 0 Å². The van der Waals surface area contributed by atoms with Crippen LogP contribution < -0.4 is 5.32 Å². The summed E-state index contributed by atoms with van der Waals surface area (Å²) >= 11 is 1.39. The van der Waals surface area contributed by atoms with E-state index < -0.39 is 0 Å². The van der Waals surface area contributed by atoms with Gasteiger partial charge in [0.2, 0.25) is 5.91 Å². The van der Waals surface area contributed by atoms with Crippen LogP contribution in [-0.4, -0.2) is 31.4 Å². The molecule has 3 rings (SSSR count). The Hall–Kier alpha value is -2.41. The van der Waals surface area contributed by atoms with Crippen molar-refractivity contribution >= 4 is 28.7 Å². The van der Waals surface area contributed by atoms with Gasteiger partial charge in [-0.3, -0.25) is 9.48 Å². The third kappa shape index (κ3) is 3.25. The van der Waals surface area contributed by atoms with Gasteiger partial charge in [-0.15, -0.1) is 0 Å². The topological polar surface area (TPSA) is 72.7 Å². The summed E-state index contributed by atoms with van der Waals surface area (Å²) in [6.07, 6.45) is 3.22. The van der Waals surface area contributed by atoms with Crippen molar-refractivity contribution in [3.8, 4) is 0 Å². The fraction of sp³-hybridized carbons (Fsp3) is 0.200. The van der Waals surface area contributed by atoms with Crippen molar-refractivity contribution in [2.24, 2.45) is 7.05 Å². The highest BCUT2D eigenvalue weighted by atomic mass is 32.2. The summed E-state index contributed by atoms with van der Waals surface area (Å²) in [4.78, 5) is 20.3. The summed E-state index contributed by atoms with van der Waals surface area (Å²) in [6, 6.07) is 9.83. The Morgan fingerprint density at radius 2 is 2.09 bits per heavy atom. The number of amides is 1. The van der Waals surface area contributed by atoms with Gasteiger partial charge in [0.25, 0.3) is 0 Å². The molecule has 0 aliphatic rings. The van der Waals surface area contributed by atoms with Gasteiger partial charge in [0.05, 0.1) is 17.3 Å². The fourth-order valence-corrected chi connectivity index (χ4v) is 2.83. The molecule has 6 nitrogen and oxygen atoms in total. The molecule has 0 aliphatic heterocycles. The Morgan fingerprint density at radius 1 is 1.27 bits per heavy atom. The Kier molecular flexibility index (Phi) is 4.34. The van der Waals surface area contributed by atoms with E-state index in [1.807, 2.05) is 37.4 Å². The summed E-state index contributed by atoms with van der Waals surface area (Å²) in [5.41, 5.74) is 1.85. The molecule has 0 aliphatic carbocycles. The second kappa shape index (κ2) is 6.57. The molecule has 0 atom stereocenters. The fourth-order valence-electron chi connectivity index (χ4n) is 2.04. The molecule has 1 N–H and O–H groups in total. The first-order valence-corrected chi connectivity index (χ1v) is 7.79. The summed E-state index contributed by atoms with van der Waals surface area (Å²) < 4.78 is 1.69. The van der Waals surface area contributed by atoms with E-state index in [0.717, 1.165) is 21.6 Å². The molecule has 0 spiro atoms. The Labute approximate surface area is 132 Å². The number of carbonyl (C=O) groups excluding carboxylic acids is 1. The smallest absolute Gasteiger partial charge is 0.230 e. The van der Waals surface area contributed by atoms with E-state index in [4.69, 9.17) is 0 Å². The van der Waals surface area contributed by atoms with Gasteiger partial charge in [-0.1, -0.05) is 42.1 Å². The van der Waals surface area contributed by atoms with Gasteiger partial charge >= 0.3 is 0 Å². The Bertz CT molecular complexity index is 787. The van der Waals surface area contributed by atoms with Crippen LogP contribution in [0.3, 0.4) is 0 Å². The number of nitrogens with zero attached hydrogens (tertiary/aromatic N) is 4. The van der Waals surface area contributed by atoms with Crippen molar-refractivity contribution in [2.75, 3.05) is 5.75 Å². The number of hydrogen-bond acceptors (Lipinski definition) is 5. The van der Waals surface area contributed by atoms with Gasteiger partial charge in [0, 0.05) is 13.6 Å². The monoisotopic (exact) mass is 313 g/mol. The minimum atomic E-state index is -0.0236. The molecular weight excluding hydrogens is 298 g/mol. The molecule has 0 fully saturated rings. The summed E-state index contributed by atoms with van der Waals surface area (Å²) in [5, 5.41) is 8.70. The molecule has 0 saturated heterocycles. The number of hydrogen-bond donors (Lipinski definition) is 1. The number of rotatable bonds is 5. The lowest BCUT2D eigenvalue weighted by atomic mass is 10.2. The molecule has 1 amide bonds. The molecule has 112 valence electrons. The van der Waals surface area contributed by atoms with Gasteiger partial charge < -0.3 is 5.32 Å². The molecule has 0 saturated carbocycles. The maximum absolute atomic E-state index is 11.9. The van der Waals surface area contributed by atoms with Crippen LogP contribution in [0, 0.1) is 0 Å². The standard InChI is InChI=1S/C15H15N5OS/c1-20-14-12(8-19-20)15(18-10-17-14)22-9-13(21)16-7-11-5-3-2-4-6-11/h2-6,8,10H,7,9H2,1H3,(H,16,21). The Morgan fingerprint density at radius 3 is 2.91 bits per heavy atom. The van der Waals surface area contributed by atoms with Gasteiger partial charge in [-0.2, -0.15) is 5.10 Å². The van der Waals surface area contributed by atoms with Gasteiger partial charge in [0.1, 0.15) is 11.4 Å². The van der Waals surface area contributed by atoms with Crippen LogP contribution in [0.5, 0.6) is 0 Å². The number of nitrogens with one attached hydrogen (secondary N) is 1.